The first-order valence-corrected chi connectivity index (χ1v) is 7.80. The lowest BCUT2D eigenvalue weighted by atomic mass is 10.1. The Hall–Kier alpha value is -1.39. The predicted molar refractivity (Wildman–Crippen MR) is 87.0 cm³/mol. The minimum absolute atomic E-state index is 0.114. The van der Waals surface area contributed by atoms with Crippen molar-refractivity contribution in [3.63, 3.8) is 0 Å². The maximum atomic E-state index is 13.3. The van der Waals surface area contributed by atoms with Gasteiger partial charge in [-0.15, -0.1) is 0 Å². The SMILES string of the molecule is CCOc1ccccc1C(C)NCc1cc(F)ccc1Br. The summed E-state index contributed by atoms with van der Waals surface area (Å²) < 4.78 is 19.8. The number of nitrogens with one attached hydrogen (secondary N) is 1. The van der Waals surface area contributed by atoms with Gasteiger partial charge >= 0.3 is 0 Å². The van der Waals surface area contributed by atoms with Crippen molar-refractivity contribution in [2.24, 2.45) is 0 Å². The summed E-state index contributed by atoms with van der Waals surface area (Å²) in [7, 11) is 0. The molecule has 0 fully saturated rings. The first-order valence-electron chi connectivity index (χ1n) is 7.01. The van der Waals surface area contributed by atoms with Gasteiger partial charge in [0.25, 0.3) is 0 Å². The first kappa shape index (κ1) is 16.0. The van der Waals surface area contributed by atoms with Crippen molar-refractivity contribution in [1.82, 2.24) is 5.32 Å². The average Bonchev–Trinajstić information content (AvgIpc) is 2.49. The Kier molecular flexibility index (Phi) is 5.76. The fourth-order valence-electron chi connectivity index (χ4n) is 2.18. The van der Waals surface area contributed by atoms with Crippen LogP contribution in [0.3, 0.4) is 0 Å². The monoisotopic (exact) mass is 351 g/mol. The molecule has 21 heavy (non-hydrogen) atoms. The highest BCUT2D eigenvalue weighted by atomic mass is 79.9. The van der Waals surface area contributed by atoms with E-state index in [0.717, 1.165) is 21.3 Å². The highest BCUT2D eigenvalue weighted by molar-refractivity contribution is 9.10. The molecule has 2 aromatic carbocycles. The van der Waals surface area contributed by atoms with Gasteiger partial charge in [-0.3, -0.25) is 0 Å². The topological polar surface area (TPSA) is 21.3 Å². The van der Waals surface area contributed by atoms with Gasteiger partial charge in [0, 0.05) is 22.6 Å². The number of para-hydroxylation sites is 1. The molecule has 1 unspecified atom stereocenters. The molecule has 1 atom stereocenters. The third-order valence-corrected chi connectivity index (χ3v) is 4.07. The van der Waals surface area contributed by atoms with E-state index in [1.807, 2.05) is 31.2 Å². The summed E-state index contributed by atoms with van der Waals surface area (Å²) in [5.41, 5.74) is 2.00. The van der Waals surface area contributed by atoms with Gasteiger partial charge in [-0.05, 0) is 43.7 Å². The molecule has 112 valence electrons. The number of ether oxygens (including phenoxy) is 1. The molecule has 0 aromatic heterocycles. The van der Waals surface area contributed by atoms with Crippen LogP contribution in [0, 0.1) is 5.82 Å². The van der Waals surface area contributed by atoms with Gasteiger partial charge in [0.1, 0.15) is 11.6 Å². The van der Waals surface area contributed by atoms with E-state index < -0.39 is 0 Å². The summed E-state index contributed by atoms with van der Waals surface area (Å²) in [5.74, 6) is 0.663. The number of rotatable bonds is 6. The molecule has 4 heteroatoms. The smallest absolute Gasteiger partial charge is 0.124 e. The van der Waals surface area contributed by atoms with Crippen molar-refractivity contribution in [3.8, 4) is 5.75 Å². The van der Waals surface area contributed by atoms with Crippen LogP contribution in [0.5, 0.6) is 5.75 Å². The van der Waals surface area contributed by atoms with Gasteiger partial charge in [-0.1, -0.05) is 34.1 Å². The summed E-state index contributed by atoms with van der Waals surface area (Å²) in [5, 5.41) is 3.41. The lowest BCUT2D eigenvalue weighted by Gasteiger charge is -2.18. The Balaban J connectivity index is 2.08. The third kappa shape index (κ3) is 4.29. The van der Waals surface area contributed by atoms with E-state index in [1.54, 1.807) is 6.07 Å². The molecule has 0 bridgehead atoms. The minimum atomic E-state index is -0.225. The molecule has 0 aliphatic carbocycles. The van der Waals surface area contributed by atoms with E-state index in [2.05, 4.69) is 28.2 Å². The minimum Gasteiger partial charge on any atom is -0.494 e. The lowest BCUT2D eigenvalue weighted by Crippen LogP contribution is -2.19. The van der Waals surface area contributed by atoms with Crippen LogP contribution in [0.25, 0.3) is 0 Å². The second-order valence-corrected chi connectivity index (χ2v) is 5.66. The number of benzene rings is 2. The lowest BCUT2D eigenvalue weighted by molar-refractivity contribution is 0.332. The van der Waals surface area contributed by atoms with Crippen LogP contribution in [0.4, 0.5) is 4.39 Å². The second-order valence-electron chi connectivity index (χ2n) is 4.81. The van der Waals surface area contributed by atoms with Crippen molar-refractivity contribution >= 4 is 15.9 Å². The Morgan fingerprint density at radius 1 is 1.24 bits per heavy atom. The van der Waals surface area contributed by atoms with Gasteiger partial charge in [-0.25, -0.2) is 4.39 Å². The zero-order chi connectivity index (χ0) is 15.2. The van der Waals surface area contributed by atoms with Crippen LogP contribution in [-0.2, 0) is 6.54 Å². The van der Waals surface area contributed by atoms with Crippen LogP contribution >= 0.6 is 15.9 Å². The molecule has 1 N–H and O–H groups in total. The van der Waals surface area contributed by atoms with Crippen molar-refractivity contribution in [2.45, 2.75) is 26.4 Å². The zero-order valence-electron chi connectivity index (χ0n) is 12.2. The quantitative estimate of drug-likeness (QED) is 0.803. The fourth-order valence-corrected chi connectivity index (χ4v) is 2.56. The fraction of sp³-hybridized carbons (Fsp3) is 0.294. The van der Waals surface area contributed by atoms with Crippen molar-refractivity contribution in [2.75, 3.05) is 6.61 Å². The van der Waals surface area contributed by atoms with Crippen LogP contribution in [0.2, 0.25) is 0 Å². The first-order chi connectivity index (χ1) is 10.1. The van der Waals surface area contributed by atoms with Crippen molar-refractivity contribution in [1.29, 1.82) is 0 Å². The van der Waals surface area contributed by atoms with Crippen LogP contribution < -0.4 is 10.1 Å². The van der Waals surface area contributed by atoms with E-state index in [4.69, 9.17) is 4.74 Å². The highest BCUT2D eigenvalue weighted by Crippen LogP contribution is 2.26. The molecular weight excluding hydrogens is 333 g/mol. The molecule has 0 heterocycles. The molecule has 2 aromatic rings. The van der Waals surface area contributed by atoms with Gasteiger partial charge in [0.2, 0.25) is 0 Å². The standard InChI is InChI=1S/C17H19BrFNO/c1-3-21-17-7-5-4-6-15(17)12(2)20-11-13-10-14(19)8-9-16(13)18/h4-10,12,20H,3,11H2,1-2H3. The van der Waals surface area contributed by atoms with E-state index >= 15 is 0 Å². The van der Waals surface area contributed by atoms with E-state index in [9.17, 15) is 4.39 Å². The van der Waals surface area contributed by atoms with E-state index in [1.165, 1.54) is 12.1 Å². The van der Waals surface area contributed by atoms with Gasteiger partial charge in [0.15, 0.2) is 0 Å². The molecule has 0 amide bonds. The zero-order valence-corrected chi connectivity index (χ0v) is 13.8. The largest absolute Gasteiger partial charge is 0.494 e. The summed E-state index contributed by atoms with van der Waals surface area (Å²) in [6, 6.07) is 12.8. The summed E-state index contributed by atoms with van der Waals surface area (Å²) in [6.07, 6.45) is 0. The van der Waals surface area contributed by atoms with E-state index in [-0.39, 0.29) is 11.9 Å². The maximum Gasteiger partial charge on any atom is 0.124 e. The molecule has 2 rings (SSSR count). The average molecular weight is 352 g/mol. The summed E-state index contributed by atoms with van der Waals surface area (Å²) >= 11 is 3.44. The number of halogens is 2. The number of hydrogen-bond donors (Lipinski definition) is 1. The summed E-state index contributed by atoms with van der Waals surface area (Å²) in [6.45, 7) is 5.27. The van der Waals surface area contributed by atoms with E-state index in [0.29, 0.717) is 13.2 Å². The predicted octanol–water partition coefficient (Wildman–Crippen LogP) is 4.84. The Morgan fingerprint density at radius 3 is 2.76 bits per heavy atom. The molecule has 0 spiro atoms. The Morgan fingerprint density at radius 2 is 2.00 bits per heavy atom. The van der Waals surface area contributed by atoms with Gasteiger partial charge in [0.05, 0.1) is 6.61 Å². The second kappa shape index (κ2) is 7.57. The van der Waals surface area contributed by atoms with Crippen molar-refractivity contribution < 1.29 is 9.13 Å². The molecule has 0 radical (unpaired) electrons. The molecular formula is C17H19BrFNO. The molecule has 2 nitrogen and oxygen atoms in total. The normalized spacial score (nSPS) is 12.2. The maximum absolute atomic E-state index is 13.3. The molecule has 0 aliphatic heterocycles. The molecule has 0 aliphatic rings. The molecule has 0 saturated carbocycles. The third-order valence-electron chi connectivity index (χ3n) is 3.29. The van der Waals surface area contributed by atoms with Crippen LogP contribution in [0.1, 0.15) is 31.0 Å². The van der Waals surface area contributed by atoms with Gasteiger partial charge < -0.3 is 10.1 Å². The highest BCUT2D eigenvalue weighted by Gasteiger charge is 2.11. The van der Waals surface area contributed by atoms with Crippen molar-refractivity contribution in [3.05, 3.63) is 63.9 Å². The number of hydrogen-bond acceptors (Lipinski definition) is 2. The van der Waals surface area contributed by atoms with Crippen LogP contribution in [-0.4, -0.2) is 6.61 Å². The Bertz CT molecular complexity index is 603. The molecule has 0 saturated heterocycles. The Labute approximate surface area is 133 Å². The summed E-state index contributed by atoms with van der Waals surface area (Å²) in [4.78, 5) is 0. The van der Waals surface area contributed by atoms with Crippen LogP contribution in [0.15, 0.2) is 46.9 Å². The van der Waals surface area contributed by atoms with Gasteiger partial charge in [-0.2, -0.15) is 0 Å².